The molecule has 4 nitrogen and oxygen atoms in total. The Labute approximate surface area is 163 Å². The first kappa shape index (κ1) is 18.8. The third-order valence-electron chi connectivity index (χ3n) is 4.42. The van der Waals surface area contributed by atoms with E-state index in [1.54, 1.807) is 36.7 Å². The zero-order chi connectivity index (χ0) is 18.5. The molecule has 1 unspecified atom stereocenters. The van der Waals surface area contributed by atoms with Gasteiger partial charge in [0.1, 0.15) is 0 Å². The number of methoxy groups -OCH3 is 1. The quantitative estimate of drug-likeness (QED) is 0.636. The van der Waals surface area contributed by atoms with Crippen LogP contribution >= 0.6 is 22.9 Å². The standard InChI is InChI=1S/C20H22ClNO3S/c1-3-25-20-16(21)11-14(12-18(20)24-2)6-7-19(23)22-9-4-5-17(22)15-8-10-26-13-15/h6-8,10-13,17H,3-5,9H2,1-2H3. The molecule has 1 amide bonds. The number of halogens is 1. The lowest BCUT2D eigenvalue weighted by Crippen LogP contribution is -2.28. The summed E-state index contributed by atoms with van der Waals surface area (Å²) < 4.78 is 10.9. The Kier molecular flexibility index (Phi) is 6.22. The second-order valence-corrected chi connectivity index (χ2v) is 7.23. The molecule has 1 fully saturated rings. The summed E-state index contributed by atoms with van der Waals surface area (Å²) in [5, 5.41) is 4.65. The SMILES string of the molecule is CCOc1c(Cl)cc(C=CC(=O)N2CCCC2c2ccsc2)cc1OC. The van der Waals surface area contributed by atoms with Gasteiger partial charge in [-0.1, -0.05) is 11.6 Å². The van der Waals surface area contributed by atoms with Crippen molar-refractivity contribution in [1.29, 1.82) is 0 Å². The molecular formula is C20H22ClNO3S. The lowest BCUT2D eigenvalue weighted by molar-refractivity contribution is -0.126. The van der Waals surface area contributed by atoms with Crippen LogP contribution in [0.2, 0.25) is 5.02 Å². The van der Waals surface area contributed by atoms with E-state index in [4.69, 9.17) is 21.1 Å². The van der Waals surface area contributed by atoms with Crippen LogP contribution in [0.4, 0.5) is 0 Å². The maximum absolute atomic E-state index is 12.7. The van der Waals surface area contributed by atoms with Crippen molar-refractivity contribution in [2.75, 3.05) is 20.3 Å². The first-order valence-electron chi connectivity index (χ1n) is 8.65. The van der Waals surface area contributed by atoms with Gasteiger partial charge in [0.25, 0.3) is 0 Å². The molecule has 26 heavy (non-hydrogen) atoms. The maximum atomic E-state index is 12.7. The Balaban J connectivity index is 1.77. The molecule has 0 N–H and O–H groups in total. The van der Waals surface area contributed by atoms with Crippen LogP contribution in [0.5, 0.6) is 11.5 Å². The summed E-state index contributed by atoms with van der Waals surface area (Å²) in [6.07, 6.45) is 5.42. The molecule has 0 bridgehead atoms. The molecule has 0 saturated carbocycles. The number of likely N-dealkylation sites (tertiary alicyclic amines) is 1. The van der Waals surface area contributed by atoms with E-state index in [-0.39, 0.29) is 11.9 Å². The minimum Gasteiger partial charge on any atom is -0.493 e. The van der Waals surface area contributed by atoms with Crippen LogP contribution in [0.25, 0.3) is 6.08 Å². The highest BCUT2D eigenvalue weighted by Crippen LogP contribution is 2.37. The first-order chi connectivity index (χ1) is 12.6. The second-order valence-electron chi connectivity index (χ2n) is 6.05. The van der Waals surface area contributed by atoms with Crippen LogP contribution in [-0.4, -0.2) is 31.1 Å². The molecule has 1 saturated heterocycles. The lowest BCUT2D eigenvalue weighted by atomic mass is 10.1. The number of amides is 1. The van der Waals surface area contributed by atoms with Gasteiger partial charge in [-0.05, 0) is 65.9 Å². The number of hydrogen-bond donors (Lipinski definition) is 0. The summed E-state index contributed by atoms with van der Waals surface area (Å²) in [6.45, 7) is 3.18. The average molecular weight is 392 g/mol. The van der Waals surface area contributed by atoms with Crippen molar-refractivity contribution in [3.63, 3.8) is 0 Å². The highest BCUT2D eigenvalue weighted by molar-refractivity contribution is 7.08. The zero-order valence-corrected chi connectivity index (χ0v) is 16.5. The Morgan fingerprint density at radius 3 is 3.00 bits per heavy atom. The molecular weight excluding hydrogens is 370 g/mol. The molecule has 0 aliphatic carbocycles. The minimum atomic E-state index is 0.0164. The zero-order valence-electron chi connectivity index (χ0n) is 14.9. The Hall–Kier alpha value is -1.98. The van der Waals surface area contributed by atoms with Gasteiger partial charge >= 0.3 is 0 Å². The van der Waals surface area contributed by atoms with Crippen LogP contribution in [0.15, 0.2) is 35.0 Å². The van der Waals surface area contributed by atoms with Gasteiger partial charge in [0.2, 0.25) is 5.91 Å². The van der Waals surface area contributed by atoms with Gasteiger partial charge in [0, 0.05) is 12.6 Å². The number of rotatable bonds is 6. The fourth-order valence-electron chi connectivity index (χ4n) is 3.23. The van der Waals surface area contributed by atoms with Crippen molar-refractivity contribution >= 4 is 34.9 Å². The number of carbonyl (C=O) groups excluding carboxylic acids is 1. The molecule has 138 valence electrons. The summed E-state index contributed by atoms with van der Waals surface area (Å²) >= 11 is 7.96. The number of carbonyl (C=O) groups is 1. The van der Waals surface area contributed by atoms with Crippen LogP contribution < -0.4 is 9.47 Å². The maximum Gasteiger partial charge on any atom is 0.247 e. The van der Waals surface area contributed by atoms with Crippen LogP contribution in [0, 0.1) is 0 Å². The van der Waals surface area contributed by atoms with Crippen molar-refractivity contribution in [2.24, 2.45) is 0 Å². The van der Waals surface area contributed by atoms with E-state index in [1.165, 1.54) is 5.56 Å². The van der Waals surface area contributed by atoms with Crippen molar-refractivity contribution in [3.8, 4) is 11.5 Å². The second kappa shape index (κ2) is 8.60. The van der Waals surface area contributed by atoms with Crippen molar-refractivity contribution < 1.29 is 14.3 Å². The van der Waals surface area contributed by atoms with Crippen LogP contribution in [0.1, 0.15) is 36.9 Å². The van der Waals surface area contributed by atoms with E-state index in [2.05, 4.69) is 16.8 Å². The van der Waals surface area contributed by atoms with Gasteiger partial charge < -0.3 is 14.4 Å². The molecule has 1 aliphatic rings. The van der Waals surface area contributed by atoms with Gasteiger partial charge in [0.05, 0.1) is 24.8 Å². The lowest BCUT2D eigenvalue weighted by Gasteiger charge is -2.22. The fourth-order valence-corrected chi connectivity index (χ4v) is 4.21. The summed E-state index contributed by atoms with van der Waals surface area (Å²) in [5.74, 6) is 1.10. The van der Waals surface area contributed by atoms with E-state index in [0.717, 1.165) is 24.9 Å². The molecule has 1 aliphatic heterocycles. The predicted molar refractivity (Wildman–Crippen MR) is 106 cm³/mol. The van der Waals surface area contributed by atoms with E-state index in [9.17, 15) is 4.79 Å². The molecule has 2 heterocycles. The summed E-state index contributed by atoms with van der Waals surface area (Å²) in [6, 6.07) is 5.87. The number of benzene rings is 1. The number of nitrogens with zero attached hydrogens (tertiary/aromatic N) is 1. The highest BCUT2D eigenvalue weighted by atomic mass is 35.5. The fraction of sp³-hybridized carbons (Fsp3) is 0.350. The molecule has 0 radical (unpaired) electrons. The number of ether oxygens (including phenoxy) is 2. The van der Waals surface area contributed by atoms with E-state index >= 15 is 0 Å². The molecule has 1 aromatic heterocycles. The predicted octanol–water partition coefficient (Wildman–Crippen LogP) is 5.19. The Morgan fingerprint density at radius 2 is 2.31 bits per heavy atom. The van der Waals surface area contributed by atoms with Crippen LogP contribution in [0.3, 0.4) is 0 Å². The van der Waals surface area contributed by atoms with Crippen molar-refractivity contribution in [2.45, 2.75) is 25.8 Å². The van der Waals surface area contributed by atoms with Gasteiger partial charge in [-0.3, -0.25) is 4.79 Å². The van der Waals surface area contributed by atoms with E-state index in [1.807, 2.05) is 17.9 Å². The van der Waals surface area contributed by atoms with E-state index < -0.39 is 0 Å². The van der Waals surface area contributed by atoms with Gasteiger partial charge in [-0.15, -0.1) is 0 Å². The summed E-state index contributed by atoms with van der Waals surface area (Å²) in [4.78, 5) is 14.6. The Morgan fingerprint density at radius 1 is 1.46 bits per heavy atom. The number of hydrogen-bond acceptors (Lipinski definition) is 4. The first-order valence-corrected chi connectivity index (χ1v) is 9.97. The molecule has 0 spiro atoms. The third-order valence-corrected chi connectivity index (χ3v) is 5.40. The van der Waals surface area contributed by atoms with E-state index in [0.29, 0.717) is 23.1 Å². The van der Waals surface area contributed by atoms with Gasteiger partial charge in [-0.2, -0.15) is 11.3 Å². The van der Waals surface area contributed by atoms with Crippen molar-refractivity contribution in [3.05, 3.63) is 51.2 Å². The highest BCUT2D eigenvalue weighted by Gasteiger charge is 2.28. The van der Waals surface area contributed by atoms with Gasteiger partial charge in [-0.25, -0.2) is 0 Å². The minimum absolute atomic E-state index is 0.0164. The third kappa shape index (κ3) is 4.05. The number of thiophene rings is 1. The average Bonchev–Trinajstić information content (AvgIpc) is 3.32. The summed E-state index contributed by atoms with van der Waals surface area (Å²) in [5.41, 5.74) is 2.02. The molecule has 1 atom stereocenters. The molecule has 1 aromatic carbocycles. The largest absolute Gasteiger partial charge is 0.493 e. The molecule has 3 rings (SSSR count). The molecule has 2 aromatic rings. The van der Waals surface area contributed by atoms with Crippen molar-refractivity contribution in [1.82, 2.24) is 4.90 Å². The molecule has 6 heteroatoms. The van der Waals surface area contributed by atoms with Gasteiger partial charge in [0.15, 0.2) is 11.5 Å². The monoisotopic (exact) mass is 391 g/mol. The normalized spacial score (nSPS) is 17.0. The Bertz CT molecular complexity index is 789. The smallest absolute Gasteiger partial charge is 0.247 e. The summed E-state index contributed by atoms with van der Waals surface area (Å²) in [7, 11) is 1.57. The van der Waals surface area contributed by atoms with Crippen LogP contribution in [-0.2, 0) is 4.79 Å². The topological polar surface area (TPSA) is 38.8 Å².